The minimum absolute atomic E-state index is 0.104. The lowest BCUT2D eigenvalue weighted by atomic mass is 9.99. The van der Waals surface area contributed by atoms with Gasteiger partial charge in [-0.15, -0.1) is 0 Å². The summed E-state index contributed by atoms with van der Waals surface area (Å²) in [5.41, 5.74) is 0. The number of rotatable bonds is 78. The monoisotopic (exact) mass is 1470 g/mol. The van der Waals surface area contributed by atoms with E-state index in [2.05, 4.69) is 55.4 Å². The van der Waals surface area contributed by atoms with Crippen LogP contribution in [0.4, 0.5) is 0 Å². The molecule has 3 N–H and O–H groups in total. The van der Waals surface area contributed by atoms with Crippen molar-refractivity contribution in [2.45, 2.75) is 433 Å². The summed E-state index contributed by atoms with van der Waals surface area (Å²) in [6.45, 7) is 14.2. The predicted octanol–water partition coefficient (Wildman–Crippen LogP) is 24.0. The summed E-state index contributed by atoms with van der Waals surface area (Å²) in [6.07, 6.45) is 57.1. The third-order valence-corrected chi connectivity index (χ3v) is 21.1. The minimum Gasteiger partial charge on any atom is -0.462 e. The zero-order valence-corrected chi connectivity index (χ0v) is 67.6. The number of hydrogen-bond donors (Lipinski definition) is 3. The van der Waals surface area contributed by atoms with Crippen molar-refractivity contribution in [1.29, 1.82) is 0 Å². The summed E-state index contributed by atoms with van der Waals surface area (Å²) in [5, 5.41) is 10.6. The molecule has 0 fully saturated rings. The Bertz CT molecular complexity index is 1960. The van der Waals surface area contributed by atoms with Crippen LogP contribution in [0.3, 0.4) is 0 Å². The number of carbonyl (C=O) groups is 4. The molecule has 0 aromatic rings. The predicted molar refractivity (Wildman–Crippen MR) is 409 cm³/mol. The molecule has 3 unspecified atom stereocenters. The molecule has 0 aliphatic carbocycles. The van der Waals surface area contributed by atoms with Crippen LogP contribution >= 0.6 is 15.6 Å². The Balaban J connectivity index is 5.20. The Labute approximate surface area is 613 Å². The molecule has 0 amide bonds. The molecule has 6 atom stereocenters. The van der Waals surface area contributed by atoms with E-state index in [1.807, 2.05) is 0 Å². The van der Waals surface area contributed by atoms with Crippen molar-refractivity contribution in [3.05, 3.63) is 0 Å². The highest BCUT2D eigenvalue weighted by atomic mass is 31.2. The van der Waals surface area contributed by atoms with Crippen LogP contribution in [0, 0.1) is 23.7 Å². The van der Waals surface area contributed by atoms with Gasteiger partial charge in [0.25, 0.3) is 0 Å². The Morgan fingerprint density at radius 1 is 0.280 bits per heavy atom. The fourth-order valence-electron chi connectivity index (χ4n) is 12.4. The van der Waals surface area contributed by atoms with Gasteiger partial charge in [0.1, 0.15) is 19.3 Å². The van der Waals surface area contributed by atoms with Crippen molar-refractivity contribution < 1.29 is 80.2 Å². The van der Waals surface area contributed by atoms with Gasteiger partial charge in [-0.1, -0.05) is 364 Å². The highest BCUT2D eigenvalue weighted by Gasteiger charge is 2.30. The maximum Gasteiger partial charge on any atom is 0.472 e. The van der Waals surface area contributed by atoms with Crippen molar-refractivity contribution in [2.24, 2.45) is 23.7 Å². The number of ether oxygens (including phenoxy) is 4. The molecule has 0 saturated heterocycles. The van der Waals surface area contributed by atoms with Crippen LogP contribution < -0.4 is 0 Å². The molecule has 19 heteroatoms. The van der Waals surface area contributed by atoms with Crippen LogP contribution in [0.5, 0.6) is 0 Å². The molecule has 0 aliphatic heterocycles. The molecule has 0 saturated carbocycles. The normalized spacial score (nSPS) is 14.3. The lowest BCUT2D eigenvalue weighted by molar-refractivity contribution is -0.161. The van der Waals surface area contributed by atoms with Gasteiger partial charge in [0.05, 0.1) is 26.4 Å². The average Bonchev–Trinajstić information content (AvgIpc) is 0.997. The molecular formula is C81H158O17P2. The Morgan fingerprint density at radius 2 is 0.480 bits per heavy atom. The molecule has 0 spiro atoms. The molecule has 100 heavy (non-hydrogen) atoms. The van der Waals surface area contributed by atoms with Gasteiger partial charge in [-0.3, -0.25) is 37.3 Å². The van der Waals surface area contributed by atoms with Gasteiger partial charge in [-0.25, -0.2) is 9.13 Å². The maximum atomic E-state index is 13.1. The van der Waals surface area contributed by atoms with Crippen molar-refractivity contribution in [1.82, 2.24) is 0 Å². The molecule has 0 aromatic heterocycles. The number of esters is 4. The average molecular weight is 1470 g/mol. The third-order valence-electron chi connectivity index (χ3n) is 19.2. The van der Waals surface area contributed by atoms with E-state index in [0.717, 1.165) is 114 Å². The smallest absolute Gasteiger partial charge is 0.462 e. The molecule has 0 bridgehead atoms. The van der Waals surface area contributed by atoms with Crippen molar-refractivity contribution in [3.8, 4) is 0 Å². The first kappa shape index (κ1) is 98.1. The van der Waals surface area contributed by atoms with Crippen LogP contribution in [0.2, 0.25) is 0 Å². The number of carbonyl (C=O) groups excluding carboxylic acids is 4. The lowest BCUT2D eigenvalue weighted by Crippen LogP contribution is -2.30. The molecule has 0 aromatic carbocycles. The second-order valence-electron chi connectivity index (χ2n) is 30.8. The van der Waals surface area contributed by atoms with Crippen LogP contribution in [0.25, 0.3) is 0 Å². The van der Waals surface area contributed by atoms with Gasteiger partial charge >= 0.3 is 39.5 Å². The highest BCUT2D eigenvalue weighted by Crippen LogP contribution is 2.45. The van der Waals surface area contributed by atoms with Gasteiger partial charge in [-0.05, 0) is 49.4 Å². The summed E-state index contributed by atoms with van der Waals surface area (Å²) >= 11 is 0. The van der Waals surface area contributed by atoms with E-state index >= 15 is 0 Å². The molecule has 0 aliphatic rings. The van der Waals surface area contributed by atoms with Gasteiger partial charge in [0.2, 0.25) is 0 Å². The Morgan fingerprint density at radius 3 is 0.710 bits per heavy atom. The van der Waals surface area contributed by atoms with Gasteiger partial charge < -0.3 is 33.8 Å². The summed E-state index contributed by atoms with van der Waals surface area (Å²) < 4.78 is 68.6. The molecule has 0 radical (unpaired) electrons. The van der Waals surface area contributed by atoms with Crippen molar-refractivity contribution in [3.63, 3.8) is 0 Å². The first-order valence-electron chi connectivity index (χ1n) is 41.7. The standard InChI is InChI=1S/C81H158O17P2/c1-9-74(8)60-52-44-35-29-23-19-16-17-21-25-31-37-47-55-63-80(85)97-76(67-91-78(83)61-53-45-36-30-24-20-15-13-11-10-12-14-18-22-27-33-41-49-57-71(2)3)69-95-99(87,88)93-65-75(82)66-94-100(89,90)96-70-77(68-92-79(84)62-54-46-40-39-43-51-59-73(6)7)98-81(86)64-56-48-38-32-26-28-34-42-50-58-72(4)5/h71-77,82H,9-70H2,1-8H3,(H,87,88)(H,89,90)/t74?,75-,76-,77-/m1/s1. The summed E-state index contributed by atoms with van der Waals surface area (Å²) in [7, 11) is -9.92. The number of aliphatic hydroxyl groups excluding tert-OH is 1. The molecule has 0 heterocycles. The Hall–Kier alpha value is -1.94. The summed E-state index contributed by atoms with van der Waals surface area (Å²) in [6, 6.07) is 0. The molecule has 594 valence electrons. The van der Waals surface area contributed by atoms with Gasteiger partial charge in [0, 0.05) is 25.7 Å². The number of phosphoric acid groups is 2. The van der Waals surface area contributed by atoms with Crippen LogP contribution in [-0.2, 0) is 65.4 Å². The first-order chi connectivity index (χ1) is 48.1. The van der Waals surface area contributed by atoms with E-state index in [1.165, 1.54) is 212 Å². The van der Waals surface area contributed by atoms with Crippen LogP contribution in [0.1, 0.15) is 415 Å². The zero-order valence-electron chi connectivity index (χ0n) is 65.8. The van der Waals surface area contributed by atoms with Crippen molar-refractivity contribution in [2.75, 3.05) is 39.6 Å². The fourth-order valence-corrected chi connectivity index (χ4v) is 14.0. The van der Waals surface area contributed by atoms with E-state index in [1.54, 1.807) is 0 Å². The summed E-state index contributed by atoms with van der Waals surface area (Å²) in [5.74, 6) is 0.967. The van der Waals surface area contributed by atoms with Gasteiger partial charge in [0.15, 0.2) is 12.2 Å². The second kappa shape index (κ2) is 70.1. The number of unbranched alkanes of at least 4 members (excludes halogenated alkanes) is 43. The fraction of sp³-hybridized carbons (Fsp3) is 0.951. The van der Waals surface area contributed by atoms with Gasteiger partial charge in [-0.2, -0.15) is 0 Å². The largest absolute Gasteiger partial charge is 0.472 e. The van der Waals surface area contributed by atoms with E-state index < -0.39 is 97.5 Å². The molecule has 17 nitrogen and oxygen atoms in total. The second-order valence-corrected chi connectivity index (χ2v) is 33.7. The van der Waals surface area contributed by atoms with E-state index in [9.17, 15) is 43.2 Å². The van der Waals surface area contributed by atoms with Crippen LogP contribution in [-0.4, -0.2) is 96.7 Å². The molecular weight excluding hydrogens is 1310 g/mol. The minimum atomic E-state index is -4.96. The summed E-state index contributed by atoms with van der Waals surface area (Å²) in [4.78, 5) is 72.9. The van der Waals surface area contributed by atoms with Crippen LogP contribution in [0.15, 0.2) is 0 Å². The Kier molecular flexibility index (Phi) is 68.7. The number of hydrogen-bond acceptors (Lipinski definition) is 15. The maximum absolute atomic E-state index is 13.1. The van der Waals surface area contributed by atoms with E-state index in [-0.39, 0.29) is 25.7 Å². The van der Waals surface area contributed by atoms with E-state index in [4.69, 9.17) is 37.0 Å². The molecule has 0 rings (SSSR count). The third kappa shape index (κ3) is 73.0. The topological polar surface area (TPSA) is 237 Å². The van der Waals surface area contributed by atoms with Crippen molar-refractivity contribution >= 4 is 39.5 Å². The zero-order chi connectivity index (χ0) is 73.8. The first-order valence-corrected chi connectivity index (χ1v) is 44.7. The number of aliphatic hydroxyl groups is 1. The quantitative estimate of drug-likeness (QED) is 0.0222. The lowest BCUT2D eigenvalue weighted by Gasteiger charge is -2.21. The highest BCUT2D eigenvalue weighted by molar-refractivity contribution is 7.47. The number of phosphoric ester groups is 2. The van der Waals surface area contributed by atoms with E-state index in [0.29, 0.717) is 31.6 Å². The SMILES string of the molecule is CCC(C)CCCCCCCCCCCCCCCCC(=O)O[C@H](COC(=O)CCCCCCCCCCCCCCCCCCCCC(C)C)COP(=O)(O)OC[C@@H](O)COP(=O)(O)OC[C@@H](COC(=O)CCCCCCCCC(C)C)OC(=O)CCCCCCCCCCCC(C)C.